The summed E-state index contributed by atoms with van der Waals surface area (Å²) in [5, 5.41) is 39.2. The Balaban J connectivity index is 1.71. The molecule has 49 heavy (non-hydrogen) atoms. The number of hydrogen-bond donors (Lipinski definition) is 2. The molecule has 0 amide bonds. The highest BCUT2D eigenvalue weighted by Gasteiger charge is 2.32. The fraction of sp³-hybridized carbons (Fsp3) is 0.0741. The van der Waals surface area contributed by atoms with Gasteiger partial charge >= 0.3 is 5.82 Å². The molecular weight excluding hydrogens is 692 g/mol. The number of aromatic nitrogens is 4. The molecule has 0 saturated carbocycles. The van der Waals surface area contributed by atoms with E-state index in [-0.39, 0.29) is 51.2 Å². The smallest absolute Gasteiger partial charge is 0.341 e. The number of nitrogens with zero attached hydrogens (tertiary/aromatic N) is 8. The number of benzene rings is 4. The van der Waals surface area contributed by atoms with Crippen molar-refractivity contribution in [2.45, 2.75) is 9.79 Å². The SMILES string of the molecule is COc1cc(-[n+]2nc(-c3ccc(S(=O)(=O)O)cc3S(=O)(=O)O)nn2-c2ccc([N+](=O)[O-])cc2)c(OC)cc1N=Nc1ccc([N+](=O)[O-])cc1. The van der Waals surface area contributed by atoms with Crippen LogP contribution in [0.2, 0.25) is 0 Å². The molecule has 4 aromatic carbocycles. The molecule has 252 valence electrons. The second-order valence-electron chi connectivity index (χ2n) is 9.65. The molecule has 0 fully saturated rings. The van der Waals surface area contributed by atoms with Crippen LogP contribution < -0.4 is 14.3 Å². The Morgan fingerprint density at radius 1 is 0.776 bits per heavy atom. The molecule has 2 N–H and O–H groups in total. The fourth-order valence-electron chi connectivity index (χ4n) is 4.34. The van der Waals surface area contributed by atoms with Gasteiger partial charge in [-0.1, -0.05) is 0 Å². The monoisotopic (exact) mass is 713 g/mol. The van der Waals surface area contributed by atoms with Gasteiger partial charge in [0.15, 0.2) is 11.5 Å². The van der Waals surface area contributed by atoms with Crippen molar-refractivity contribution in [1.82, 2.24) is 15.0 Å². The van der Waals surface area contributed by atoms with Crippen LogP contribution in [0.15, 0.2) is 98.9 Å². The van der Waals surface area contributed by atoms with Crippen LogP contribution in [-0.2, 0) is 20.2 Å². The Hall–Kier alpha value is -6.23. The van der Waals surface area contributed by atoms with Crippen molar-refractivity contribution in [2.24, 2.45) is 10.2 Å². The van der Waals surface area contributed by atoms with E-state index in [2.05, 4.69) is 20.4 Å². The van der Waals surface area contributed by atoms with Gasteiger partial charge in [-0.25, -0.2) is 0 Å². The first-order valence-corrected chi connectivity index (χ1v) is 16.1. The van der Waals surface area contributed by atoms with E-state index in [0.717, 1.165) is 21.7 Å². The first-order chi connectivity index (χ1) is 23.1. The molecule has 0 aliphatic carbocycles. The zero-order chi connectivity index (χ0) is 35.7. The first-order valence-electron chi connectivity index (χ1n) is 13.3. The Bertz CT molecular complexity index is 2360. The average molecular weight is 714 g/mol. The van der Waals surface area contributed by atoms with E-state index in [4.69, 9.17) is 9.47 Å². The van der Waals surface area contributed by atoms with E-state index in [1.165, 1.54) is 74.9 Å². The lowest BCUT2D eigenvalue weighted by atomic mass is 10.2. The molecule has 5 aromatic rings. The molecule has 1 heterocycles. The van der Waals surface area contributed by atoms with Gasteiger partial charge in [0, 0.05) is 41.2 Å². The molecule has 0 spiro atoms. The van der Waals surface area contributed by atoms with Gasteiger partial charge < -0.3 is 9.47 Å². The predicted octanol–water partition coefficient (Wildman–Crippen LogP) is 3.95. The number of tetrazole rings is 1. The molecule has 0 bridgehead atoms. The Labute approximate surface area is 275 Å². The number of non-ortho nitro benzene ring substituents is 2. The molecule has 20 nitrogen and oxygen atoms in total. The van der Waals surface area contributed by atoms with Crippen LogP contribution in [0, 0.1) is 20.2 Å². The molecule has 0 atom stereocenters. The van der Waals surface area contributed by atoms with Crippen molar-refractivity contribution in [3.63, 3.8) is 0 Å². The van der Waals surface area contributed by atoms with Crippen LogP contribution in [-0.4, -0.2) is 65.0 Å². The minimum atomic E-state index is -5.13. The molecule has 0 aliphatic heterocycles. The van der Waals surface area contributed by atoms with Crippen molar-refractivity contribution in [3.8, 4) is 34.3 Å². The lowest BCUT2D eigenvalue weighted by Crippen LogP contribution is -2.43. The molecule has 22 heteroatoms. The molecule has 0 saturated heterocycles. The molecular formula is C27H21N8O12S2+. The summed E-state index contributed by atoms with van der Waals surface area (Å²) in [6, 6.07) is 15.4. The third kappa shape index (κ3) is 7.20. The summed E-state index contributed by atoms with van der Waals surface area (Å²) < 4.78 is 78.6. The molecule has 5 rings (SSSR count). The normalized spacial score (nSPS) is 11.8. The summed E-state index contributed by atoms with van der Waals surface area (Å²) in [6.45, 7) is 0. The van der Waals surface area contributed by atoms with E-state index < -0.39 is 45.7 Å². The van der Waals surface area contributed by atoms with Crippen LogP contribution in [0.4, 0.5) is 22.7 Å². The second kappa shape index (κ2) is 13.1. The van der Waals surface area contributed by atoms with Crippen molar-refractivity contribution < 1.29 is 50.1 Å². The van der Waals surface area contributed by atoms with Crippen LogP contribution in [0.25, 0.3) is 22.8 Å². The van der Waals surface area contributed by atoms with Crippen molar-refractivity contribution in [2.75, 3.05) is 14.2 Å². The van der Waals surface area contributed by atoms with E-state index in [0.29, 0.717) is 6.07 Å². The number of nitro groups is 2. The van der Waals surface area contributed by atoms with Gasteiger partial charge in [0.2, 0.25) is 5.69 Å². The number of ether oxygens (including phenoxy) is 2. The maximum atomic E-state index is 12.3. The van der Waals surface area contributed by atoms with Crippen LogP contribution in [0.5, 0.6) is 11.5 Å². The van der Waals surface area contributed by atoms with Gasteiger partial charge in [-0.05, 0) is 52.4 Å². The highest BCUT2D eigenvalue weighted by Crippen LogP contribution is 2.37. The zero-order valence-corrected chi connectivity index (χ0v) is 26.5. The fourth-order valence-corrected chi connectivity index (χ4v) is 5.63. The number of hydrogen-bond acceptors (Lipinski definition) is 14. The van der Waals surface area contributed by atoms with Gasteiger partial charge in [0.25, 0.3) is 31.6 Å². The Morgan fingerprint density at radius 2 is 1.37 bits per heavy atom. The number of rotatable bonds is 11. The van der Waals surface area contributed by atoms with Gasteiger partial charge in [-0.2, -0.15) is 21.9 Å². The Morgan fingerprint density at radius 3 is 1.90 bits per heavy atom. The predicted molar refractivity (Wildman–Crippen MR) is 165 cm³/mol. The first kappa shape index (κ1) is 34.1. The topological polar surface area (TPSA) is 273 Å². The summed E-state index contributed by atoms with van der Waals surface area (Å²) in [6.07, 6.45) is 0. The minimum absolute atomic E-state index is 0.0716. The maximum Gasteiger partial charge on any atom is 0.341 e. The number of nitro benzene ring substituents is 2. The van der Waals surface area contributed by atoms with E-state index in [9.17, 15) is 46.2 Å². The molecule has 0 unspecified atom stereocenters. The number of methoxy groups -OCH3 is 2. The van der Waals surface area contributed by atoms with Crippen molar-refractivity contribution >= 4 is 43.0 Å². The summed E-state index contributed by atoms with van der Waals surface area (Å²) >= 11 is 0. The van der Waals surface area contributed by atoms with Crippen LogP contribution in [0.3, 0.4) is 0 Å². The third-order valence-electron chi connectivity index (χ3n) is 6.65. The lowest BCUT2D eigenvalue weighted by Gasteiger charge is -2.10. The summed E-state index contributed by atoms with van der Waals surface area (Å²) in [4.78, 5) is 21.4. The molecule has 0 radical (unpaired) electrons. The van der Waals surface area contributed by atoms with Gasteiger partial charge in [0.1, 0.15) is 16.3 Å². The van der Waals surface area contributed by atoms with Gasteiger partial charge in [-0.15, -0.1) is 5.11 Å². The average Bonchev–Trinajstić information content (AvgIpc) is 3.51. The van der Waals surface area contributed by atoms with Gasteiger partial charge in [0.05, 0.1) is 45.3 Å². The van der Waals surface area contributed by atoms with Crippen LogP contribution in [0.1, 0.15) is 0 Å². The van der Waals surface area contributed by atoms with E-state index >= 15 is 0 Å². The highest BCUT2D eigenvalue weighted by molar-refractivity contribution is 7.86. The Kier molecular flexibility index (Phi) is 9.13. The molecule has 1 aromatic heterocycles. The van der Waals surface area contributed by atoms with Crippen molar-refractivity contribution in [1.29, 1.82) is 0 Å². The third-order valence-corrected chi connectivity index (χ3v) is 8.39. The van der Waals surface area contributed by atoms with Crippen molar-refractivity contribution in [3.05, 3.63) is 99.1 Å². The maximum absolute atomic E-state index is 12.3. The summed E-state index contributed by atoms with van der Waals surface area (Å²) in [7, 11) is -7.39. The van der Waals surface area contributed by atoms with Gasteiger partial charge in [-0.3, -0.25) is 29.3 Å². The van der Waals surface area contributed by atoms with E-state index in [1.54, 1.807) is 0 Å². The standard InChI is InChI=1S/C27H20N8O12S2/c1-46-24-15-23(25(47-2)14-22(24)29-28-16-3-5-18(6-4-16)34(36)37)33-31-27(30-32(33)17-7-9-19(10-8-17)35(38)39)21-12-11-20(48(40,41)42)13-26(21)49(43,44)45/h3-15H,1-2H3,(H-,40,41,42,43,44,45)/p+1. The summed E-state index contributed by atoms with van der Waals surface area (Å²) in [5.41, 5.74) is -0.116. The highest BCUT2D eigenvalue weighted by atomic mass is 32.2. The molecule has 0 aliphatic rings. The largest absolute Gasteiger partial charge is 0.494 e. The number of azo groups is 1. The quantitative estimate of drug-likeness (QED) is 0.0645. The van der Waals surface area contributed by atoms with E-state index in [1.807, 2.05) is 0 Å². The second-order valence-corrected chi connectivity index (χ2v) is 12.5. The van der Waals surface area contributed by atoms with Crippen LogP contribution >= 0.6 is 0 Å². The summed E-state index contributed by atoms with van der Waals surface area (Å²) in [5.74, 6) is -0.219. The zero-order valence-electron chi connectivity index (χ0n) is 24.9. The lowest BCUT2D eigenvalue weighted by molar-refractivity contribution is -0.734. The minimum Gasteiger partial charge on any atom is -0.494 e.